The first-order chi connectivity index (χ1) is 11.4. The number of rotatable bonds is 2. The van der Waals surface area contributed by atoms with E-state index in [4.69, 9.17) is 11.6 Å². The summed E-state index contributed by atoms with van der Waals surface area (Å²) in [7, 11) is 0. The Labute approximate surface area is 134 Å². The lowest BCUT2D eigenvalue weighted by Crippen LogP contribution is -1.97. The van der Waals surface area contributed by atoms with E-state index in [1.165, 1.54) is 0 Å². The Morgan fingerprint density at radius 1 is 0.783 bits per heavy atom. The maximum absolute atomic E-state index is 7.10. The fourth-order valence-corrected chi connectivity index (χ4v) is 2.74. The molecule has 3 nitrogen and oxygen atoms in total. The predicted molar refractivity (Wildman–Crippen MR) is 92.8 cm³/mol. The lowest BCUT2D eigenvalue weighted by atomic mass is 10.2. The van der Waals surface area contributed by atoms with Crippen LogP contribution < -0.4 is 0 Å². The van der Waals surface area contributed by atoms with Crippen LogP contribution >= 0.6 is 0 Å². The first-order valence-electron chi connectivity index (χ1n) is 7.37. The highest BCUT2D eigenvalue weighted by atomic mass is 15.1. The molecule has 0 aliphatic carbocycles. The summed E-state index contributed by atoms with van der Waals surface area (Å²) < 4.78 is 2.14. The second kappa shape index (κ2) is 5.43. The van der Waals surface area contributed by atoms with Crippen LogP contribution in [0.15, 0.2) is 78.9 Å². The van der Waals surface area contributed by atoms with Gasteiger partial charge < -0.3 is 0 Å². The van der Waals surface area contributed by atoms with Crippen LogP contribution in [0.25, 0.3) is 33.0 Å². The minimum atomic E-state index is 0.638. The van der Waals surface area contributed by atoms with Crippen molar-refractivity contribution in [3.63, 3.8) is 0 Å². The average Bonchev–Trinajstić information content (AvgIpc) is 3.02. The SMILES string of the molecule is [C-]#[N+]c1ccc(-n2c(-c3ccccc3)nc3ccccc32)cc1. The third kappa shape index (κ3) is 2.27. The van der Waals surface area contributed by atoms with Crippen molar-refractivity contribution in [2.24, 2.45) is 0 Å². The molecule has 3 aromatic carbocycles. The number of imidazole rings is 1. The number of benzene rings is 3. The normalized spacial score (nSPS) is 10.6. The molecule has 108 valence electrons. The topological polar surface area (TPSA) is 22.2 Å². The van der Waals surface area contributed by atoms with Crippen molar-refractivity contribution in [3.8, 4) is 17.1 Å². The summed E-state index contributed by atoms with van der Waals surface area (Å²) in [5.74, 6) is 0.905. The summed E-state index contributed by atoms with van der Waals surface area (Å²) >= 11 is 0. The molecule has 0 spiro atoms. The van der Waals surface area contributed by atoms with Gasteiger partial charge in [0.2, 0.25) is 0 Å². The Morgan fingerprint density at radius 2 is 1.48 bits per heavy atom. The minimum absolute atomic E-state index is 0.638. The molecule has 1 heterocycles. The van der Waals surface area contributed by atoms with E-state index in [0.717, 1.165) is 28.1 Å². The van der Waals surface area contributed by atoms with Crippen LogP contribution in [0, 0.1) is 6.57 Å². The lowest BCUT2D eigenvalue weighted by Gasteiger charge is -2.09. The molecule has 4 aromatic rings. The molecular weight excluding hydrogens is 282 g/mol. The summed E-state index contributed by atoms with van der Waals surface area (Å²) in [6.45, 7) is 7.10. The molecule has 1 aromatic heterocycles. The maximum Gasteiger partial charge on any atom is 0.187 e. The van der Waals surface area contributed by atoms with E-state index in [1.807, 2.05) is 60.7 Å². The van der Waals surface area contributed by atoms with Crippen LogP contribution in [-0.4, -0.2) is 9.55 Å². The molecule has 0 fully saturated rings. The van der Waals surface area contributed by atoms with Crippen LogP contribution in [0.2, 0.25) is 0 Å². The van der Waals surface area contributed by atoms with Gasteiger partial charge in [0.1, 0.15) is 5.82 Å². The third-order valence-electron chi connectivity index (χ3n) is 3.83. The smallest absolute Gasteiger partial charge is 0.187 e. The van der Waals surface area contributed by atoms with E-state index in [2.05, 4.69) is 27.6 Å². The summed E-state index contributed by atoms with van der Waals surface area (Å²) in [5.41, 5.74) is 4.73. The highest BCUT2D eigenvalue weighted by molar-refractivity contribution is 5.83. The standard InChI is InChI=1S/C20H13N3/c1-21-16-11-13-17(14-12-16)23-19-10-6-5-9-18(19)22-20(23)15-7-3-2-4-8-15/h2-14H. The van der Waals surface area contributed by atoms with E-state index >= 15 is 0 Å². The molecule has 0 saturated carbocycles. The van der Waals surface area contributed by atoms with Crippen LogP contribution in [0.4, 0.5) is 5.69 Å². The first kappa shape index (κ1) is 13.3. The molecule has 0 amide bonds. The van der Waals surface area contributed by atoms with Gasteiger partial charge in [0, 0.05) is 11.3 Å². The number of aromatic nitrogens is 2. The average molecular weight is 295 g/mol. The number of para-hydroxylation sites is 2. The molecule has 0 N–H and O–H groups in total. The second-order valence-corrected chi connectivity index (χ2v) is 5.25. The monoisotopic (exact) mass is 295 g/mol. The van der Waals surface area contributed by atoms with Gasteiger partial charge in [0.15, 0.2) is 5.69 Å². The Balaban J connectivity index is 2.01. The highest BCUT2D eigenvalue weighted by Crippen LogP contribution is 2.29. The van der Waals surface area contributed by atoms with Crippen LogP contribution in [0.1, 0.15) is 0 Å². The zero-order chi connectivity index (χ0) is 15.6. The van der Waals surface area contributed by atoms with Gasteiger partial charge in [-0.05, 0) is 24.3 Å². The Morgan fingerprint density at radius 3 is 2.22 bits per heavy atom. The van der Waals surface area contributed by atoms with Crippen LogP contribution in [0.3, 0.4) is 0 Å². The largest absolute Gasteiger partial charge is 0.292 e. The van der Waals surface area contributed by atoms with E-state index in [-0.39, 0.29) is 0 Å². The van der Waals surface area contributed by atoms with E-state index in [0.29, 0.717) is 5.69 Å². The predicted octanol–water partition coefficient (Wildman–Crippen LogP) is 5.24. The van der Waals surface area contributed by atoms with Crippen molar-refractivity contribution in [1.82, 2.24) is 9.55 Å². The number of nitrogens with zero attached hydrogens (tertiary/aromatic N) is 3. The van der Waals surface area contributed by atoms with Gasteiger partial charge in [-0.25, -0.2) is 9.83 Å². The van der Waals surface area contributed by atoms with Crippen molar-refractivity contribution in [3.05, 3.63) is 90.3 Å². The quantitative estimate of drug-likeness (QED) is 0.463. The van der Waals surface area contributed by atoms with Crippen molar-refractivity contribution >= 4 is 16.7 Å². The molecule has 0 aliphatic rings. The van der Waals surface area contributed by atoms with Gasteiger partial charge in [-0.1, -0.05) is 54.6 Å². The third-order valence-corrected chi connectivity index (χ3v) is 3.83. The number of hydrogen-bond acceptors (Lipinski definition) is 1. The Hall–Kier alpha value is -3.38. The van der Waals surface area contributed by atoms with Crippen molar-refractivity contribution < 1.29 is 0 Å². The van der Waals surface area contributed by atoms with Crippen LogP contribution in [0.5, 0.6) is 0 Å². The first-order valence-corrected chi connectivity index (χ1v) is 7.37. The maximum atomic E-state index is 7.10. The van der Waals surface area contributed by atoms with Gasteiger partial charge in [0.25, 0.3) is 0 Å². The Bertz CT molecular complexity index is 1010. The van der Waals surface area contributed by atoms with Gasteiger partial charge in [-0.3, -0.25) is 4.57 Å². The molecule has 0 unspecified atom stereocenters. The molecule has 0 radical (unpaired) electrons. The fourth-order valence-electron chi connectivity index (χ4n) is 2.74. The molecule has 0 aliphatic heterocycles. The van der Waals surface area contributed by atoms with Gasteiger partial charge in [-0.2, -0.15) is 0 Å². The summed E-state index contributed by atoms with van der Waals surface area (Å²) in [6, 6.07) is 25.9. The molecular formula is C20H13N3. The summed E-state index contributed by atoms with van der Waals surface area (Å²) in [5, 5.41) is 0. The zero-order valence-corrected chi connectivity index (χ0v) is 12.3. The lowest BCUT2D eigenvalue weighted by molar-refractivity contribution is 1.10. The minimum Gasteiger partial charge on any atom is -0.292 e. The molecule has 0 saturated heterocycles. The zero-order valence-electron chi connectivity index (χ0n) is 12.3. The van der Waals surface area contributed by atoms with Gasteiger partial charge in [-0.15, -0.1) is 0 Å². The van der Waals surface area contributed by atoms with Gasteiger partial charge in [0.05, 0.1) is 17.6 Å². The molecule has 4 rings (SSSR count). The van der Waals surface area contributed by atoms with Crippen molar-refractivity contribution in [2.45, 2.75) is 0 Å². The fraction of sp³-hybridized carbons (Fsp3) is 0. The number of hydrogen-bond donors (Lipinski definition) is 0. The van der Waals surface area contributed by atoms with E-state index in [1.54, 1.807) is 0 Å². The number of fused-ring (bicyclic) bond motifs is 1. The second-order valence-electron chi connectivity index (χ2n) is 5.25. The summed E-state index contributed by atoms with van der Waals surface area (Å²) in [4.78, 5) is 8.27. The van der Waals surface area contributed by atoms with E-state index < -0.39 is 0 Å². The Kier molecular flexibility index (Phi) is 3.14. The van der Waals surface area contributed by atoms with E-state index in [9.17, 15) is 0 Å². The molecule has 0 bridgehead atoms. The van der Waals surface area contributed by atoms with Gasteiger partial charge >= 0.3 is 0 Å². The van der Waals surface area contributed by atoms with Crippen molar-refractivity contribution in [1.29, 1.82) is 0 Å². The molecule has 3 heteroatoms. The van der Waals surface area contributed by atoms with Crippen LogP contribution in [-0.2, 0) is 0 Å². The summed E-state index contributed by atoms with van der Waals surface area (Å²) in [6.07, 6.45) is 0. The molecule has 0 atom stereocenters. The highest BCUT2D eigenvalue weighted by Gasteiger charge is 2.13. The molecule has 23 heavy (non-hydrogen) atoms. The van der Waals surface area contributed by atoms with Crippen molar-refractivity contribution in [2.75, 3.05) is 0 Å².